The SMILES string of the molecule is Nc1c(C=O)ccc(OC(F)(F)F)c1Cl. The van der Waals surface area contributed by atoms with Crippen molar-refractivity contribution in [3.05, 3.63) is 22.7 Å². The lowest BCUT2D eigenvalue weighted by atomic mass is 10.2. The number of rotatable bonds is 2. The van der Waals surface area contributed by atoms with E-state index in [1.807, 2.05) is 0 Å². The van der Waals surface area contributed by atoms with E-state index in [1.165, 1.54) is 0 Å². The molecule has 82 valence electrons. The fourth-order valence-corrected chi connectivity index (χ4v) is 1.10. The van der Waals surface area contributed by atoms with Crippen LogP contribution in [0.4, 0.5) is 18.9 Å². The molecular formula is C8H5ClF3NO2. The molecule has 7 heteroatoms. The van der Waals surface area contributed by atoms with Crippen LogP contribution in [0.1, 0.15) is 10.4 Å². The van der Waals surface area contributed by atoms with E-state index in [4.69, 9.17) is 17.3 Å². The van der Waals surface area contributed by atoms with Crippen LogP contribution in [0.25, 0.3) is 0 Å². The van der Waals surface area contributed by atoms with Crippen molar-refractivity contribution in [2.45, 2.75) is 6.36 Å². The number of hydrogen-bond acceptors (Lipinski definition) is 3. The van der Waals surface area contributed by atoms with Crippen LogP contribution in [0, 0.1) is 0 Å². The Bertz CT molecular complexity index is 392. The van der Waals surface area contributed by atoms with Gasteiger partial charge in [0.05, 0.1) is 5.69 Å². The van der Waals surface area contributed by atoms with Crippen LogP contribution in [0.2, 0.25) is 5.02 Å². The summed E-state index contributed by atoms with van der Waals surface area (Å²) in [6.45, 7) is 0. The van der Waals surface area contributed by atoms with Gasteiger partial charge in [-0.3, -0.25) is 4.79 Å². The molecule has 0 aromatic heterocycles. The average molecular weight is 240 g/mol. The summed E-state index contributed by atoms with van der Waals surface area (Å²) in [4.78, 5) is 10.4. The Hall–Kier alpha value is -1.43. The number of carbonyl (C=O) groups excluding carboxylic acids is 1. The normalized spacial score (nSPS) is 11.2. The molecule has 0 amide bonds. The number of benzene rings is 1. The number of nitrogens with two attached hydrogens (primary N) is 1. The molecule has 0 unspecified atom stereocenters. The first-order chi connectivity index (χ1) is 6.85. The van der Waals surface area contributed by atoms with E-state index < -0.39 is 17.1 Å². The summed E-state index contributed by atoms with van der Waals surface area (Å²) in [6, 6.07) is 2.02. The first kappa shape index (κ1) is 11.6. The van der Waals surface area contributed by atoms with E-state index in [1.54, 1.807) is 0 Å². The molecule has 0 fully saturated rings. The highest BCUT2D eigenvalue weighted by Gasteiger charge is 2.32. The highest BCUT2D eigenvalue weighted by molar-refractivity contribution is 6.35. The number of halogens is 4. The highest BCUT2D eigenvalue weighted by atomic mass is 35.5. The Kier molecular flexibility index (Phi) is 3.09. The number of nitrogen functional groups attached to an aromatic ring is 1. The van der Waals surface area contributed by atoms with Crippen molar-refractivity contribution < 1.29 is 22.7 Å². The van der Waals surface area contributed by atoms with Crippen LogP contribution < -0.4 is 10.5 Å². The molecule has 0 atom stereocenters. The predicted octanol–water partition coefficient (Wildman–Crippen LogP) is 2.63. The Balaban J connectivity index is 3.12. The molecule has 1 aromatic carbocycles. The summed E-state index contributed by atoms with van der Waals surface area (Å²) in [5.41, 5.74) is 5.07. The third-order valence-electron chi connectivity index (χ3n) is 1.53. The van der Waals surface area contributed by atoms with Crippen LogP contribution in [0.5, 0.6) is 5.75 Å². The summed E-state index contributed by atoms with van der Waals surface area (Å²) >= 11 is 5.47. The fourth-order valence-electron chi connectivity index (χ4n) is 0.894. The largest absolute Gasteiger partial charge is 0.573 e. The van der Waals surface area contributed by atoms with Gasteiger partial charge in [0, 0.05) is 5.56 Å². The van der Waals surface area contributed by atoms with Crippen LogP contribution in [0.3, 0.4) is 0 Å². The van der Waals surface area contributed by atoms with Crippen molar-refractivity contribution >= 4 is 23.6 Å². The molecular weight excluding hydrogens is 235 g/mol. The first-order valence-electron chi connectivity index (χ1n) is 3.64. The lowest BCUT2D eigenvalue weighted by Gasteiger charge is -2.12. The van der Waals surface area contributed by atoms with E-state index in [0.717, 1.165) is 12.1 Å². The summed E-state index contributed by atoms with van der Waals surface area (Å²) in [7, 11) is 0. The molecule has 0 saturated heterocycles. The van der Waals surface area contributed by atoms with Crippen molar-refractivity contribution in [1.82, 2.24) is 0 Å². The Labute approximate surface area is 87.6 Å². The van der Waals surface area contributed by atoms with Gasteiger partial charge in [-0.25, -0.2) is 0 Å². The number of hydrogen-bond donors (Lipinski definition) is 1. The standard InChI is InChI=1S/C8H5ClF3NO2/c9-6-5(15-8(10,11)12)2-1-4(3-14)7(6)13/h1-3H,13H2. The monoisotopic (exact) mass is 239 g/mol. The molecule has 0 radical (unpaired) electrons. The van der Waals surface area contributed by atoms with Gasteiger partial charge in [-0.15, -0.1) is 13.2 Å². The Morgan fingerprint density at radius 2 is 2.00 bits per heavy atom. The average Bonchev–Trinajstić information content (AvgIpc) is 2.11. The topological polar surface area (TPSA) is 52.3 Å². The van der Waals surface area contributed by atoms with Gasteiger partial charge in [-0.05, 0) is 12.1 Å². The molecule has 0 aliphatic rings. The minimum absolute atomic E-state index is 0.00882. The van der Waals surface area contributed by atoms with Crippen molar-refractivity contribution in [2.24, 2.45) is 0 Å². The van der Waals surface area contributed by atoms with Crippen LogP contribution in [0.15, 0.2) is 12.1 Å². The molecule has 15 heavy (non-hydrogen) atoms. The molecule has 0 aliphatic carbocycles. The Morgan fingerprint density at radius 3 is 2.47 bits per heavy atom. The van der Waals surface area contributed by atoms with Gasteiger partial charge < -0.3 is 10.5 Å². The van der Waals surface area contributed by atoms with Gasteiger partial charge in [0.1, 0.15) is 10.8 Å². The summed E-state index contributed by atoms with van der Waals surface area (Å²) in [5.74, 6) is -0.632. The zero-order valence-corrected chi connectivity index (χ0v) is 7.89. The third kappa shape index (κ3) is 2.76. The molecule has 0 heterocycles. The van der Waals surface area contributed by atoms with E-state index in [0.29, 0.717) is 6.29 Å². The zero-order valence-electron chi connectivity index (χ0n) is 7.14. The minimum Gasteiger partial charge on any atom is -0.404 e. The van der Waals surface area contributed by atoms with E-state index in [9.17, 15) is 18.0 Å². The number of ether oxygens (including phenoxy) is 1. The molecule has 0 saturated carbocycles. The van der Waals surface area contributed by atoms with Crippen molar-refractivity contribution in [3.63, 3.8) is 0 Å². The van der Waals surface area contributed by atoms with Crippen molar-refractivity contribution in [1.29, 1.82) is 0 Å². The van der Waals surface area contributed by atoms with E-state index in [2.05, 4.69) is 4.74 Å². The second-order valence-electron chi connectivity index (χ2n) is 2.55. The van der Waals surface area contributed by atoms with Gasteiger partial charge in [-0.1, -0.05) is 11.6 Å². The lowest BCUT2D eigenvalue weighted by Crippen LogP contribution is -2.17. The second-order valence-corrected chi connectivity index (χ2v) is 2.92. The quantitative estimate of drug-likeness (QED) is 0.638. The molecule has 1 aromatic rings. The molecule has 3 nitrogen and oxygen atoms in total. The summed E-state index contributed by atoms with van der Waals surface area (Å²) in [6.07, 6.45) is -4.46. The van der Waals surface area contributed by atoms with Gasteiger partial charge in [0.15, 0.2) is 6.29 Å². The van der Waals surface area contributed by atoms with E-state index >= 15 is 0 Å². The molecule has 0 aliphatic heterocycles. The number of anilines is 1. The number of alkyl halides is 3. The minimum atomic E-state index is -4.85. The number of carbonyl (C=O) groups is 1. The maximum Gasteiger partial charge on any atom is 0.573 e. The highest BCUT2D eigenvalue weighted by Crippen LogP contribution is 2.35. The maximum absolute atomic E-state index is 11.8. The van der Waals surface area contributed by atoms with Crippen molar-refractivity contribution in [3.8, 4) is 5.75 Å². The van der Waals surface area contributed by atoms with Gasteiger partial charge in [0.2, 0.25) is 0 Å². The van der Waals surface area contributed by atoms with Gasteiger partial charge in [0.25, 0.3) is 0 Å². The fraction of sp³-hybridized carbons (Fsp3) is 0.125. The van der Waals surface area contributed by atoms with Gasteiger partial charge in [-0.2, -0.15) is 0 Å². The zero-order chi connectivity index (χ0) is 11.6. The van der Waals surface area contributed by atoms with Crippen LogP contribution in [-0.2, 0) is 0 Å². The van der Waals surface area contributed by atoms with Crippen LogP contribution in [-0.4, -0.2) is 12.6 Å². The molecule has 0 spiro atoms. The van der Waals surface area contributed by atoms with Crippen molar-refractivity contribution in [2.75, 3.05) is 5.73 Å². The summed E-state index contributed by atoms with van der Waals surface area (Å²) < 4.78 is 39.1. The second kappa shape index (κ2) is 3.98. The molecule has 2 N–H and O–H groups in total. The molecule has 0 bridgehead atoms. The predicted molar refractivity (Wildman–Crippen MR) is 47.9 cm³/mol. The first-order valence-corrected chi connectivity index (χ1v) is 4.02. The third-order valence-corrected chi connectivity index (χ3v) is 1.92. The molecule has 1 rings (SSSR count). The van der Waals surface area contributed by atoms with E-state index in [-0.39, 0.29) is 11.3 Å². The lowest BCUT2D eigenvalue weighted by molar-refractivity contribution is -0.274. The van der Waals surface area contributed by atoms with Crippen LogP contribution >= 0.6 is 11.6 Å². The Morgan fingerprint density at radius 1 is 1.40 bits per heavy atom. The smallest absolute Gasteiger partial charge is 0.404 e. The maximum atomic E-state index is 11.8. The number of aldehydes is 1. The van der Waals surface area contributed by atoms with Gasteiger partial charge >= 0.3 is 6.36 Å². The summed E-state index contributed by atoms with van der Waals surface area (Å²) in [5, 5.41) is -0.433.